The highest BCUT2D eigenvalue weighted by molar-refractivity contribution is 6.07. The molecule has 0 atom stereocenters. The molecule has 3 heterocycles. The van der Waals surface area contributed by atoms with Crippen molar-refractivity contribution in [2.75, 3.05) is 0 Å². The number of rotatable bonds is 8. The van der Waals surface area contributed by atoms with Crippen molar-refractivity contribution in [2.45, 2.75) is 19.6 Å². The Hall–Kier alpha value is -4.57. The average Bonchev–Trinajstić information content (AvgIpc) is 3.75. The first kappa shape index (κ1) is 32.9. The lowest BCUT2D eigenvalue weighted by atomic mass is 9.87. The first-order valence-electron chi connectivity index (χ1n) is 12.9. The predicted octanol–water partition coefficient (Wildman–Crippen LogP) is -6.38. The van der Waals surface area contributed by atoms with Crippen LogP contribution in [0, 0.1) is 0 Å². The van der Waals surface area contributed by atoms with Crippen LogP contribution in [0.5, 0.6) is 11.5 Å². The van der Waals surface area contributed by atoms with E-state index in [1.54, 1.807) is 18.2 Å². The molecule has 0 aliphatic heterocycles. The van der Waals surface area contributed by atoms with Crippen molar-refractivity contribution >= 4 is 11.4 Å². The van der Waals surface area contributed by atoms with E-state index in [1.807, 2.05) is 106 Å². The van der Waals surface area contributed by atoms with E-state index in [0.717, 1.165) is 33.4 Å². The molecular weight excluding hydrogens is 611 g/mol. The number of aromatic amines is 3. The molecule has 0 bridgehead atoms. The van der Waals surface area contributed by atoms with Gasteiger partial charge >= 0.3 is 0 Å². The van der Waals surface area contributed by atoms with Gasteiger partial charge in [0.25, 0.3) is 0 Å². The summed E-state index contributed by atoms with van der Waals surface area (Å²) in [6.07, 6.45) is 22.0. The first-order valence-corrected chi connectivity index (χ1v) is 12.9. The Labute approximate surface area is 266 Å². The van der Waals surface area contributed by atoms with E-state index >= 15 is 0 Å². The van der Waals surface area contributed by atoms with Gasteiger partial charge in [0, 0.05) is 16.7 Å². The van der Waals surface area contributed by atoms with Crippen LogP contribution >= 0.6 is 0 Å². The summed E-state index contributed by atoms with van der Waals surface area (Å²) >= 11 is 0. The molecule has 12 heteroatoms. The zero-order chi connectivity index (χ0) is 27.5. The second-order valence-corrected chi connectivity index (χ2v) is 9.74. The number of hydrogen-bond donors (Lipinski definition) is 5. The molecule has 2 aromatic carbocycles. The molecule has 0 fully saturated rings. The van der Waals surface area contributed by atoms with Gasteiger partial charge in [0.1, 0.15) is 68.3 Å². The number of allylic oxidation sites excluding steroid dienone is 5. The third-order valence-corrected chi connectivity index (χ3v) is 6.95. The maximum atomic E-state index is 12.8. The lowest BCUT2D eigenvalue weighted by Crippen LogP contribution is -3.00. The van der Waals surface area contributed by atoms with E-state index < -0.39 is 0 Å². The summed E-state index contributed by atoms with van der Waals surface area (Å²) in [6, 6.07) is 11.1. The van der Waals surface area contributed by atoms with Crippen molar-refractivity contribution < 1.29 is 65.9 Å². The SMILES string of the molecule is O=C1C=CC(=C(c2ccc(O)c(C[n+]3cc[nH]c3)c2)c2ccc(O)c(C[n+]3cc[nH]c3)c2)C=C1C[n+]1cc[nH]c1.[Cl-].[Cl-].[Cl-]. The first-order chi connectivity index (χ1) is 19.5. The van der Waals surface area contributed by atoms with Gasteiger partial charge in [0.2, 0.25) is 19.0 Å². The Balaban J connectivity index is 0.00000169. The van der Waals surface area contributed by atoms with Crippen LogP contribution in [0.15, 0.2) is 122 Å². The highest BCUT2D eigenvalue weighted by Crippen LogP contribution is 2.35. The molecule has 5 N–H and O–H groups in total. The fraction of sp³-hybridized carbons (Fsp3) is 0.0968. The maximum absolute atomic E-state index is 12.8. The van der Waals surface area contributed by atoms with Gasteiger partial charge in [0.15, 0.2) is 5.78 Å². The van der Waals surface area contributed by atoms with Gasteiger partial charge in [-0.25, -0.2) is 13.7 Å². The zero-order valence-corrected chi connectivity index (χ0v) is 25.1. The van der Waals surface area contributed by atoms with Crippen molar-refractivity contribution in [3.63, 3.8) is 0 Å². The second kappa shape index (κ2) is 14.6. The number of nitrogens with zero attached hydrogens (tertiary/aromatic N) is 3. The lowest BCUT2D eigenvalue weighted by molar-refractivity contribution is -0.687. The number of H-pyrrole nitrogens is 3. The number of benzene rings is 2. The normalized spacial score (nSPS) is 12.1. The lowest BCUT2D eigenvalue weighted by Gasteiger charge is -2.17. The quantitative estimate of drug-likeness (QED) is 0.109. The van der Waals surface area contributed by atoms with E-state index in [2.05, 4.69) is 15.0 Å². The Bertz CT molecular complexity index is 1670. The van der Waals surface area contributed by atoms with Gasteiger partial charge in [-0.05, 0) is 58.7 Å². The van der Waals surface area contributed by atoms with Crippen LogP contribution in [-0.4, -0.2) is 30.9 Å². The van der Waals surface area contributed by atoms with Gasteiger partial charge in [-0.3, -0.25) is 19.7 Å². The molecule has 9 nitrogen and oxygen atoms in total. The molecule has 1 aliphatic rings. The van der Waals surface area contributed by atoms with Crippen LogP contribution in [0.1, 0.15) is 22.3 Å². The van der Waals surface area contributed by atoms with E-state index in [-0.39, 0.29) is 54.5 Å². The Morgan fingerprint density at radius 2 is 1.12 bits per heavy atom. The molecule has 43 heavy (non-hydrogen) atoms. The highest BCUT2D eigenvalue weighted by Gasteiger charge is 2.20. The Kier molecular flexibility index (Phi) is 11.1. The number of phenols is 2. The molecule has 0 saturated carbocycles. The molecule has 0 radical (unpaired) electrons. The fourth-order valence-corrected chi connectivity index (χ4v) is 4.94. The summed E-state index contributed by atoms with van der Waals surface area (Å²) in [5.41, 5.74) is 5.68. The predicted molar refractivity (Wildman–Crippen MR) is 146 cm³/mol. The summed E-state index contributed by atoms with van der Waals surface area (Å²) in [5, 5.41) is 21.4. The second-order valence-electron chi connectivity index (χ2n) is 9.74. The smallest absolute Gasteiger partial charge is 0.241 e. The van der Waals surface area contributed by atoms with E-state index in [1.165, 1.54) is 0 Å². The van der Waals surface area contributed by atoms with Crippen molar-refractivity contribution in [3.05, 3.63) is 144 Å². The molecule has 6 rings (SSSR count). The maximum Gasteiger partial charge on any atom is 0.241 e. The van der Waals surface area contributed by atoms with Gasteiger partial charge in [-0.1, -0.05) is 18.2 Å². The van der Waals surface area contributed by atoms with Gasteiger partial charge in [-0.15, -0.1) is 0 Å². The fourth-order valence-electron chi connectivity index (χ4n) is 4.94. The summed E-state index contributed by atoms with van der Waals surface area (Å²) in [5.74, 6) is 0.361. The van der Waals surface area contributed by atoms with E-state index in [4.69, 9.17) is 0 Å². The monoisotopic (exact) mass is 638 g/mol. The zero-order valence-electron chi connectivity index (χ0n) is 22.8. The minimum absolute atomic E-state index is 0. The minimum Gasteiger partial charge on any atom is -1.00 e. The molecule has 3 aromatic heterocycles. The topological polar surface area (TPSA) is 117 Å². The van der Waals surface area contributed by atoms with E-state index in [0.29, 0.717) is 25.2 Å². The number of carbonyl (C=O) groups is 1. The summed E-state index contributed by atoms with van der Waals surface area (Å²) in [4.78, 5) is 21.9. The Morgan fingerprint density at radius 3 is 1.56 bits per heavy atom. The molecule has 0 saturated heterocycles. The number of ketones is 1. The van der Waals surface area contributed by atoms with Crippen molar-refractivity contribution in [3.8, 4) is 11.5 Å². The van der Waals surface area contributed by atoms with Crippen LogP contribution in [0.25, 0.3) is 5.57 Å². The highest BCUT2D eigenvalue weighted by atomic mass is 35.5. The third kappa shape index (κ3) is 7.45. The van der Waals surface area contributed by atoms with Crippen LogP contribution < -0.4 is 50.9 Å². The number of hydrogen-bond acceptors (Lipinski definition) is 3. The molecule has 0 unspecified atom stereocenters. The number of carbonyl (C=O) groups excluding carboxylic acids is 1. The number of aromatic nitrogens is 6. The van der Waals surface area contributed by atoms with Crippen molar-refractivity contribution in [1.29, 1.82) is 0 Å². The van der Waals surface area contributed by atoms with Gasteiger partial charge in [-0.2, -0.15) is 0 Å². The summed E-state index contributed by atoms with van der Waals surface area (Å²) in [7, 11) is 0. The number of phenolic OH excluding ortho intramolecular Hbond substituents is 2. The average molecular weight is 640 g/mol. The van der Waals surface area contributed by atoms with Gasteiger partial charge < -0.3 is 47.4 Å². The van der Waals surface area contributed by atoms with Crippen LogP contribution in [0.3, 0.4) is 0 Å². The van der Waals surface area contributed by atoms with Crippen molar-refractivity contribution in [1.82, 2.24) is 15.0 Å². The number of nitrogens with one attached hydrogen (secondary N) is 3. The molecule has 0 amide bonds. The number of aromatic hydroxyl groups is 2. The summed E-state index contributed by atoms with van der Waals surface area (Å²) < 4.78 is 5.81. The van der Waals surface area contributed by atoms with Crippen molar-refractivity contribution in [2.24, 2.45) is 0 Å². The molecule has 1 aliphatic carbocycles. The number of halogens is 3. The minimum atomic E-state index is -0.0395. The number of imidazole rings is 3. The summed E-state index contributed by atoms with van der Waals surface area (Å²) in [6.45, 7) is 1.39. The van der Waals surface area contributed by atoms with Gasteiger partial charge in [0.05, 0.1) is 0 Å². The van der Waals surface area contributed by atoms with Crippen LogP contribution in [0.4, 0.5) is 0 Å². The molecule has 0 spiro atoms. The largest absolute Gasteiger partial charge is 1.00 e. The molecular formula is C31H29Cl3N6O3. The van der Waals surface area contributed by atoms with E-state index in [9.17, 15) is 15.0 Å². The molecule has 5 aromatic rings. The third-order valence-electron chi connectivity index (χ3n) is 6.95. The van der Waals surface area contributed by atoms with Crippen LogP contribution in [-0.2, 0) is 24.4 Å². The van der Waals surface area contributed by atoms with Crippen LogP contribution in [0.2, 0.25) is 0 Å². The standard InChI is InChI=1S/C31H26N6O3.3ClH/c38-28-4-1-22(13-25(28)16-35-10-7-32-19-35)31(23-2-5-29(39)26(14-23)17-36-11-8-33-20-36)24-3-6-30(40)27(15-24)18-37-12-9-34-21-37;;;/h1-15,19-21H,16-18H2,(H2,38,39,40);3*1H. The molecule has 222 valence electrons. The Morgan fingerprint density at radius 1 is 0.651 bits per heavy atom.